The van der Waals surface area contributed by atoms with E-state index in [0.717, 1.165) is 5.56 Å². The lowest BCUT2D eigenvalue weighted by atomic mass is 10.1. The van der Waals surface area contributed by atoms with E-state index in [-0.39, 0.29) is 23.9 Å². The number of thiazole rings is 1. The van der Waals surface area contributed by atoms with E-state index >= 15 is 0 Å². The molecule has 3 rings (SSSR count). The Morgan fingerprint density at radius 2 is 1.96 bits per heavy atom. The summed E-state index contributed by atoms with van der Waals surface area (Å²) in [6.07, 6.45) is 0.0202. The molecule has 128 valence electrons. The number of benzene rings is 2. The van der Waals surface area contributed by atoms with Gasteiger partial charge in [0.05, 0.1) is 19.2 Å². The van der Waals surface area contributed by atoms with Crippen molar-refractivity contribution in [1.82, 2.24) is 4.98 Å². The average Bonchev–Trinajstić information content (AvgIpc) is 3.04. The van der Waals surface area contributed by atoms with Gasteiger partial charge in [-0.15, -0.1) is 11.3 Å². The first-order chi connectivity index (χ1) is 12.0. The predicted octanol–water partition coefficient (Wildman–Crippen LogP) is 4.28. The molecule has 1 aromatic heterocycles. The molecule has 0 aliphatic rings. The van der Waals surface area contributed by atoms with Gasteiger partial charge >= 0.3 is 0 Å². The van der Waals surface area contributed by atoms with Gasteiger partial charge in [0.25, 0.3) is 0 Å². The summed E-state index contributed by atoms with van der Waals surface area (Å²) in [6, 6.07) is 10.3. The Hall–Kier alpha value is -2.80. The number of hydrogen-bond acceptors (Lipinski definition) is 4. The monoisotopic (exact) mass is 360 g/mol. The number of rotatable bonds is 5. The largest absolute Gasteiger partial charge is 0.494 e. The fraction of sp³-hybridized carbons (Fsp3) is 0.111. The molecule has 7 heteroatoms. The molecular weight excluding hydrogens is 346 g/mol. The zero-order valence-electron chi connectivity index (χ0n) is 13.3. The van der Waals surface area contributed by atoms with E-state index in [2.05, 4.69) is 10.3 Å². The Labute approximate surface area is 147 Å². The molecule has 0 aliphatic carbocycles. The van der Waals surface area contributed by atoms with Crippen molar-refractivity contribution in [3.63, 3.8) is 0 Å². The molecule has 0 atom stereocenters. The predicted molar refractivity (Wildman–Crippen MR) is 92.8 cm³/mol. The summed E-state index contributed by atoms with van der Waals surface area (Å²) in [5, 5.41) is 4.88. The van der Waals surface area contributed by atoms with E-state index in [0.29, 0.717) is 16.4 Å². The lowest BCUT2D eigenvalue weighted by molar-refractivity contribution is -0.115. The second-order valence-corrected chi connectivity index (χ2v) is 6.10. The summed E-state index contributed by atoms with van der Waals surface area (Å²) < 4.78 is 31.5. The van der Waals surface area contributed by atoms with Gasteiger partial charge in [0.15, 0.2) is 16.7 Å². The van der Waals surface area contributed by atoms with Gasteiger partial charge in [0, 0.05) is 10.9 Å². The Balaban J connectivity index is 1.65. The molecule has 4 nitrogen and oxygen atoms in total. The normalized spacial score (nSPS) is 10.5. The minimum absolute atomic E-state index is 0.0202. The molecule has 0 saturated heterocycles. The molecule has 1 amide bonds. The van der Waals surface area contributed by atoms with Crippen LogP contribution in [0.15, 0.2) is 47.8 Å². The number of carbonyl (C=O) groups excluding carboxylic acids is 1. The van der Waals surface area contributed by atoms with E-state index in [1.54, 1.807) is 23.6 Å². The maximum Gasteiger partial charge on any atom is 0.230 e. The van der Waals surface area contributed by atoms with Crippen LogP contribution in [0.2, 0.25) is 0 Å². The van der Waals surface area contributed by atoms with Gasteiger partial charge in [-0.2, -0.15) is 0 Å². The van der Waals surface area contributed by atoms with Crippen molar-refractivity contribution in [2.75, 3.05) is 12.4 Å². The Morgan fingerprint density at radius 3 is 2.64 bits per heavy atom. The third-order valence-corrected chi connectivity index (χ3v) is 4.23. The zero-order valence-corrected chi connectivity index (χ0v) is 14.1. The topological polar surface area (TPSA) is 51.2 Å². The van der Waals surface area contributed by atoms with Crippen molar-refractivity contribution >= 4 is 22.4 Å². The summed E-state index contributed by atoms with van der Waals surface area (Å²) in [5.74, 6) is -1.00. The summed E-state index contributed by atoms with van der Waals surface area (Å²) >= 11 is 1.27. The van der Waals surface area contributed by atoms with E-state index in [1.807, 2.05) is 0 Å². The molecule has 1 N–H and O–H groups in total. The van der Waals surface area contributed by atoms with Gasteiger partial charge in [-0.25, -0.2) is 13.8 Å². The molecule has 25 heavy (non-hydrogen) atoms. The number of ether oxygens (including phenoxy) is 1. The van der Waals surface area contributed by atoms with Crippen molar-refractivity contribution in [3.05, 3.63) is 65.0 Å². The first kappa shape index (κ1) is 17.0. The smallest absolute Gasteiger partial charge is 0.230 e. The second-order valence-electron chi connectivity index (χ2n) is 5.24. The minimum atomic E-state index is -0.513. The van der Waals surface area contributed by atoms with Crippen LogP contribution in [0.5, 0.6) is 5.75 Å². The minimum Gasteiger partial charge on any atom is -0.494 e. The van der Waals surface area contributed by atoms with Gasteiger partial charge in [-0.1, -0.05) is 6.07 Å². The number of halogens is 2. The van der Waals surface area contributed by atoms with Gasteiger partial charge in [-0.05, 0) is 42.0 Å². The van der Waals surface area contributed by atoms with Crippen molar-refractivity contribution in [2.24, 2.45) is 0 Å². The van der Waals surface area contributed by atoms with Crippen molar-refractivity contribution < 1.29 is 18.3 Å². The standard InChI is InChI=1S/C18H14F2N2O2S/c1-24-16-7-2-11(8-14(16)20)9-17(23)22-18-21-15(10-25-18)12-3-5-13(19)6-4-12/h2-8,10H,9H2,1H3,(H,21,22,23). The Bertz CT molecular complexity index is 894. The molecule has 0 aliphatic heterocycles. The van der Waals surface area contributed by atoms with Crippen molar-refractivity contribution in [3.8, 4) is 17.0 Å². The summed E-state index contributed by atoms with van der Waals surface area (Å²) in [5.41, 5.74) is 1.94. The maximum atomic E-state index is 13.7. The number of aromatic nitrogens is 1. The summed E-state index contributed by atoms with van der Waals surface area (Å²) in [7, 11) is 1.38. The molecule has 0 spiro atoms. The molecule has 0 unspecified atom stereocenters. The molecule has 0 bridgehead atoms. The highest BCUT2D eigenvalue weighted by molar-refractivity contribution is 7.14. The van der Waals surface area contributed by atoms with Crippen LogP contribution in [-0.4, -0.2) is 18.0 Å². The Kier molecular flexibility index (Phi) is 5.04. The number of nitrogens with one attached hydrogen (secondary N) is 1. The third-order valence-electron chi connectivity index (χ3n) is 3.47. The first-order valence-electron chi connectivity index (χ1n) is 7.39. The van der Waals surface area contributed by atoms with Crippen molar-refractivity contribution in [2.45, 2.75) is 6.42 Å². The van der Waals surface area contributed by atoms with E-state index < -0.39 is 5.82 Å². The number of methoxy groups -OCH3 is 1. The van der Waals surface area contributed by atoms with E-state index in [1.165, 1.54) is 42.7 Å². The number of carbonyl (C=O) groups is 1. The molecule has 2 aromatic carbocycles. The molecule has 0 radical (unpaired) electrons. The highest BCUT2D eigenvalue weighted by Gasteiger charge is 2.11. The number of anilines is 1. The quantitative estimate of drug-likeness (QED) is 0.739. The van der Waals surface area contributed by atoms with Crippen LogP contribution in [-0.2, 0) is 11.2 Å². The van der Waals surface area contributed by atoms with Crippen LogP contribution < -0.4 is 10.1 Å². The zero-order chi connectivity index (χ0) is 17.8. The molecule has 3 aromatic rings. The summed E-state index contributed by atoms with van der Waals surface area (Å²) in [4.78, 5) is 16.4. The van der Waals surface area contributed by atoms with Gasteiger partial charge in [0.1, 0.15) is 5.82 Å². The number of nitrogens with zero attached hydrogens (tertiary/aromatic N) is 1. The number of amides is 1. The molecule has 0 fully saturated rings. The van der Waals surface area contributed by atoms with Gasteiger partial charge in [0.2, 0.25) is 5.91 Å². The van der Waals surface area contributed by atoms with Gasteiger partial charge in [-0.3, -0.25) is 4.79 Å². The van der Waals surface area contributed by atoms with Crippen LogP contribution >= 0.6 is 11.3 Å². The fourth-order valence-electron chi connectivity index (χ4n) is 2.25. The van der Waals surface area contributed by atoms with Crippen LogP contribution in [0, 0.1) is 11.6 Å². The highest BCUT2D eigenvalue weighted by Crippen LogP contribution is 2.25. The van der Waals surface area contributed by atoms with Crippen LogP contribution in [0.1, 0.15) is 5.56 Å². The maximum absolute atomic E-state index is 13.7. The molecule has 0 saturated carbocycles. The summed E-state index contributed by atoms with van der Waals surface area (Å²) in [6.45, 7) is 0. The third kappa shape index (κ3) is 4.19. The van der Waals surface area contributed by atoms with Crippen molar-refractivity contribution in [1.29, 1.82) is 0 Å². The second kappa shape index (κ2) is 7.40. The van der Waals surface area contributed by atoms with Gasteiger partial charge < -0.3 is 10.1 Å². The number of hydrogen-bond donors (Lipinski definition) is 1. The van der Waals surface area contributed by atoms with Crippen LogP contribution in [0.3, 0.4) is 0 Å². The SMILES string of the molecule is COc1ccc(CC(=O)Nc2nc(-c3ccc(F)cc3)cs2)cc1F. The highest BCUT2D eigenvalue weighted by atomic mass is 32.1. The fourth-order valence-corrected chi connectivity index (χ4v) is 2.99. The van der Waals surface area contributed by atoms with E-state index in [9.17, 15) is 13.6 Å². The lowest BCUT2D eigenvalue weighted by Crippen LogP contribution is -2.14. The first-order valence-corrected chi connectivity index (χ1v) is 8.27. The Morgan fingerprint density at radius 1 is 1.20 bits per heavy atom. The molecule has 1 heterocycles. The van der Waals surface area contributed by atoms with Crippen LogP contribution in [0.4, 0.5) is 13.9 Å². The molecular formula is C18H14F2N2O2S. The van der Waals surface area contributed by atoms with Crippen LogP contribution in [0.25, 0.3) is 11.3 Å². The lowest BCUT2D eigenvalue weighted by Gasteiger charge is -2.05. The van der Waals surface area contributed by atoms with E-state index in [4.69, 9.17) is 4.74 Å². The average molecular weight is 360 g/mol.